The minimum Gasteiger partial charge on any atom is -0.493 e. The minimum absolute atomic E-state index is 0.0828. The van der Waals surface area contributed by atoms with Crippen LogP contribution >= 0.6 is 11.3 Å². The molecule has 1 saturated heterocycles. The van der Waals surface area contributed by atoms with Gasteiger partial charge in [-0.1, -0.05) is 12.1 Å². The Labute approximate surface area is 179 Å². The Bertz CT molecular complexity index is 914. The number of benzene rings is 1. The van der Waals surface area contributed by atoms with Gasteiger partial charge in [0.2, 0.25) is 17.7 Å². The predicted octanol–water partition coefficient (Wildman–Crippen LogP) is 1.60. The van der Waals surface area contributed by atoms with E-state index in [0.29, 0.717) is 25.3 Å². The first-order valence-electron chi connectivity index (χ1n) is 9.97. The number of thiazole rings is 1. The van der Waals surface area contributed by atoms with Crippen molar-refractivity contribution in [2.45, 2.75) is 32.2 Å². The standard InChI is InChI=1S/C21H26N4O4S/c1-3-29-17-9-5-4-7-15(17)21-24-14(13-30-21)11-18(26)23-12-19(27)25-10-6-8-16(25)20(28)22-2/h4-5,7,9,13,16H,3,6,8,10-12H2,1-2H3,(H,22,28)(H,23,26). The van der Waals surface area contributed by atoms with Crippen LogP contribution in [-0.4, -0.2) is 60.4 Å². The maximum Gasteiger partial charge on any atom is 0.242 e. The number of hydrogen-bond acceptors (Lipinski definition) is 6. The van der Waals surface area contributed by atoms with Crippen molar-refractivity contribution in [1.82, 2.24) is 20.5 Å². The molecule has 0 aliphatic carbocycles. The molecule has 1 unspecified atom stereocenters. The van der Waals surface area contributed by atoms with Crippen molar-refractivity contribution >= 4 is 29.1 Å². The fraction of sp³-hybridized carbons (Fsp3) is 0.429. The van der Waals surface area contributed by atoms with E-state index in [1.807, 2.05) is 36.6 Å². The monoisotopic (exact) mass is 430 g/mol. The molecule has 3 amide bonds. The first kappa shape index (κ1) is 21.8. The fourth-order valence-corrected chi connectivity index (χ4v) is 4.29. The van der Waals surface area contributed by atoms with Crippen LogP contribution in [0, 0.1) is 0 Å². The third-order valence-electron chi connectivity index (χ3n) is 4.87. The number of nitrogens with zero attached hydrogens (tertiary/aromatic N) is 2. The Morgan fingerprint density at radius 2 is 2.10 bits per heavy atom. The van der Waals surface area contributed by atoms with Crippen LogP contribution < -0.4 is 15.4 Å². The molecule has 1 aliphatic heterocycles. The van der Waals surface area contributed by atoms with Crippen molar-refractivity contribution in [3.05, 3.63) is 35.3 Å². The van der Waals surface area contributed by atoms with Crippen molar-refractivity contribution < 1.29 is 19.1 Å². The van der Waals surface area contributed by atoms with Gasteiger partial charge in [0, 0.05) is 19.0 Å². The molecule has 0 radical (unpaired) electrons. The highest BCUT2D eigenvalue weighted by Gasteiger charge is 2.33. The van der Waals surface area contributed by atoms with Crippen LogP contribution in [0.25, 0.3) is 10.6 Å². The highest BCUT2D eigenvalue weighted by molar-refractivity contribution is 7.13. The zero-order valence-corrected chi connectivity index (χ0v) is 18.0. The molecule has 2 aromatic rings. The van der Waals surface area contributed by atoms with E-state index >= 15 is 0 Å². The third kappa shape index (κ3) is 5.15. The molecule has 1 aromatic carbocycles. The second-order valence-electron chi connectivity index (χ2n) is 6.89. The van der Waals surface area contributed by atoms with E-state index in [0.717, 1.165) is 22.7 Å². The summed E-state index contributed by atoms with van der Waals surface area (Å²) < 4.78 is 5.65. The molecule has 0 spiro atoms. The van der Waals surface area contributed by atoms with E-state index in [1.54, 1.807) is 7.05 Å². The normalized spacial score (nSPS) is 15.7. The van der Waals surface area contributed by atoms with Crippen molar-refractivity contribution in [2.75, 3.05) is 26.7 Å². The lowest BCUT2D eigenvalue weighted by Gasteiger charge is -2.23. The van der Waals surface area contributed by atoms with E-state index < -0.39 is 6.04 Å². The minimum atomic E-state index is -0.453. The maximum atomic E-state index is 12.4. The number of hydrogen-bond donors (Lipinski definition) is 2. The Balaban J connectivity index is 1.55. The molecular formula is C21H26N4O4S. The molecule has 30 heavy (non-hydrogen) atoms. The van der Waals surface area contributed by atoms with Crippen molar-refractivity contribution in [3.63, 3.8) is 0 Å². The smallest absolute Gasteiger partial charge is 0.242 e. The summed E-state index contributed by atoms with van der Waals surface area (Å²) in [5, 5.41) is 7.84. The Morgan fingerprint density at radius 1 is 1.30 bits per heavy atom. The second-order valence-corrected chi connectivity index (χ2v) is 7.74. The molecular weight excluding hydrogens is 404 g/mol. The van der Waals surface area contributed by atoms with Crippen LogP contribution in [0.15, 0.2) is 29.6 Å². The summed E-state index contributed by atoms with van der Waals surface area (Å²) in [5.74, 6) is 0.0507. The number of likely N-dealkylation sites (tertiary alicyclic amines) is 1. The van der Waals surface area contributed by atoms with Gasteiger partial charge in [0.1, 0.15) is 16.8 Å². The topological polar surface area (TPSA) is 101 Å². The zero-order chi connectivity index (χ0) is 21.5. The highest BCUT2D eigenvalue weighted by Crippen LogP contribution is 2.32. The largest absolute Gasteiger partial charge is 0.493 e. The first-order chi connectivity index (χ1) is 14.5. The molecule has 1 fully saturated rings. The van der Waals surface area contributed by atoms with Crippen molar-refractivity contribution in [3.8, 4) is 16.3 Å². The zero-order valence-electron chi connectivity index (χ0n) is 17.1. The van der Waals surface area contributed by atoms with Crippen LogP contribution in [0.1, 0.15) is 25.5 Å². The van der Waals surface area contributed by atoms with Gasteiger partial charge in [-0.2, -0.15) is 0 Å². The van der Waals surface area contributed by atoms with E-state index in [4.69, 9.17) is 4.74 Å². The van der Waals surface area contributed by atoms with Gasteiger partial charge in [-0.3, -0.25) is 14.4 Å². The highest BCUT2D eigenvalue weighted by atomic mass is 32.1. The fourth-order valence-electron chi connectivity index (χ4n) is 3.44. The number of carbonyl (C=O) groups excluding carboxylic acids is 3. The number of rotatable bonds is 8. The molecule has 2 heterocycles. The number of carbonyl (C=O) groups is 3. The molecule has 0 saturated carbocycles. The number of nitrogens with one attached hydrogen (secondary N) is 2. The quantitative estimate of drug-likeness (QED) is 0.663. The molecule has 1 aromatic heterocycles. The van der Waals surface area contributed by atoms with E-state index in [1.165, 1.54) is 16.2 Å². The number of ether oxygens (including phenoxy) is 1. The van der Waals surface area contributed by atoms with Gasteiger partial charge in [-0.15, -0.1) is 11.3 Å². The lowest BCUT2D eigenvalue weighted by molar-refractivity contribution is -0.138. The molecule has 8 nitrogen and oxygen atoms in total. The lowest BCUT2D eigenvalue weighted by atomic mass is 10.2. The van der Waals surface area contributed by atoms with Gasteiger partial charge < -0.3 is 20.3 Å². The van der Waals surface area contributed by atoms with Crippen LogP contribution in [0.4, 0.5) is 0 Å². The summed E-state index contributed by atoms with van der Waals surface area (Å²) >= 11 is 1.44. The molecule has 1 atom stereocenters. The van der Waals surface area contributed by atoms with Crippen molar-refractivity contribution in [1.29, 1.82) is 0 Å². The molecule has 0 bridgehead atoms. The Kier molecular flexibility index (Phi) is 7.40. The Hall–Kier alpha value is -2.94. The molecule has 9 heteroatoms. The van der Waals surface area contributed by atoms with Crippen LogP contribution in [0.2, 0.25) is 0 Å². The number of aromatic nitrogens is 1. The summed E-state index contributed by atoms with van der Waals surface area (Å²) in [7, 11) is 1.56. The van der Waals surface area contributed by atoms with Crippen LogP contribution in [0.5, 0.6) is 5.75 Å². The molecule has 160 valence electrons. The van der Waals surface area contributed by atoms with Gasteiger partial charge in [0.25, 0.3) is 0 Å². The second kappa shape index (κ2) is 10.2. The summed E-state index contributed by atoms with van der Waals surface area (Å²) in [4.78, 5) is 42.7. The molecule has 2 N–H and O–H groups in total. The summed E-state index contributed by atoms with van der Waals surface area (Å²) in [6.45, 7) is 2.89. The SMILES string of the molecule is CCOc1ccccc1-c1nc(CC(=O)NCC(=O)N2CCCC2C(=O)NC)cs1. The summed E-state index contributed by atoms with van der Waals surface area (Å²) in [5.41, 5.74) is 1.52. The molecule has 3 rings (SSSR count). The van der Waals surface area contributed by atoms with Gasteiger partial charge in [0.15, 0.2) is 0 Å². The van der Waals surface area contributed by atoms with Gasteiger partial charge >= 0.3 is 0 Å². The van der Waals surface area contributed by atoms with E-state index in [-0.39, 0.29) is 30.7 Å². The lowest BCUT2D eigenvalue weighted by Crippen LogP contribution is -2.48. The Morgan fingerprint density at radius 3 is 2.87 bits per heavy atom. The van der Waals surface area contributed by atoms with Crippen molar-refractivity contribution in [2.24, 2.45) is 0 Å². The average Bonchev–Trinajstić information content (AvgIpc) is 3.42. The maximum absolute atomic E-state index is 12.4. The van der Waals surface area contributed by atoms with E-state index in [9.17, 15) is 14.4 Å². The van der Waals surface area contributed by atoms with Gasteiger partial charge in [0.05, 0.1) is 30.8 Å². The molecule has 1 aliphatic rings. The summed E-state index contributed by atoms with van der Waals surface area (Å²) in [6, 6.07) is 7.20. The van der Waals surface area contributed by atoms with Gasteiger partial charge in [-0.05, 0) is 31.9 Å². The number of likely N-dealkylation sites (N-methyl/N-ethyl adjacent to an activating group) is 1. The number of amides is 3. The van der Waals surface area contributed by atoms with Gasteiger partial charge in [-0.25, -0.2) is 4.98 Å². The predicted molar refractivity (Wildman–Crippen MR) is 114 cm³/mol. The first-order valence-corrected chi connectivity index (χ1v) is 10.9. The summed E-state index contributed by atoms with van der Waals surface area (Å²) in [6.07, 6.45) is 1.51. The van der Waals surface area contributed by atoms with Crippen LogP contribution in [-0.2, 0) is 20.8 Å². The third-order valence-corrected chi connectivity index (χ3v) is 5.79. The van der Waals surface area contributed by atoms with Crippen LogP contribution in [0.3, 0.4) is 0 Å². The number of para-hydroxylation sites is 1. The average molecular weight is 431 g/mol. The van der Waals surface area contributed by atoms with E-state index in [2.05, 4.69) is 15.6 Å².